The van der Waals surface area contributed by atoms with Crippen molar-refractivity contribution >= 4 is 17.7 Å². The van der Waals surface area contributed by atoms with E-state index in [2.05, 4.69) is 10.1 Å². The molecular weight excluding hydrogens is 257 g/mol. The second-order valence-corrected chi connectivity index (χ2v) is 4.67. The minimum atomic E-state index is -1.21. The molecule has 2 aromatic heterocycles. The number of rotatable bonds is 3. The Morgan fingerprint density at radius 3 is 2.78 bits per heavy atom. The summed E-state index contributed by atoms with van der Waals surface area (Å²) >= 11 is 1.14. The van der Waals surface area contributed by atoms with Gasteiger partial charge in [-0.1, -0.05) is 0 Å². The van der Waals surface area contributed by atoms with Crippen LogP contribution in [0.5, 0.6) is 0 Å². The SMILES string of the molecule is Cc1cc(Sc2ncc(F)cc2C(=O)O)n(C)n1. The fourth-order valence-electron chi connectivity index (χ4n) is 1.44. The highest BCUT2D eigenvalue weighted by atomic mass is 32.2. The fraction of sp³-hybridized carbons (Fsp3) is 0.182. The van der Waals surface area contributed by atoms with Crippen LogP contribution in [0.3, 0.4) is 0 Å². The molecule has 0 bridgehead atoms. The third-order valence-electron chi connectivity index (χ3n) is 2.21. The second-order valence-electron chi connectivity index (χ2n) is 3.66. The van der Waals surface area contributed by atoms with Crippen molar-refractivity contribution < 1.29 is 14.3 Å². The van der Waals surface area contributed by atoms with Gasteiger partial charge in [-0.3, -0.25) is 4.68 Å². The lowest BCUT2D eigenvalue weighted by Crippen LogP contribution is -2.02. The Labute approximate surface area is 107 Å². The molecule has 0 amide bonds. The number of halogens is 1. The molecule has 2 rings (SSSR count). The summed E-state index contributed by atoms with van der Waals surface area (Å²) in [7, 11) is 1.75. The highest BCUT2D eigenvalue weighted by Crippen LogP contribution is 2.29. The van der Waals surface area contributed by atoms with Crippen LogP contribution in [0.25, 0.3) is 0 Å². The molecule has 7 heteroatoms. The highest BCUT2D eigenvalue weighted by molar-refractivity contribution is 7.99. The number of carbonyl (C=O) groups is 1. The van der Waals surface area contributed by atoms with Gasteiger partial charge in [-0.05, 0) is 30.8 Å². The van der Waals surface area contributed by atoms with Crippen molar-refractivity contribution in [1.82, 2.24) is 14.8 Å². The number of carboxylic acids is 1. The molecular formula is C11H10FN3O2S. The van der Waals surface area contributed by atoms with Gasteiger partial charge in [0, 0.05) is 7.05 Å². The Morgan fingerprint density at radius 2 is 2.22 bits per heavy atom. The number of aromatic nitrogens is 3. The maximum Gasteiger partial charge on any atom is 0.338 e. The highest BCUT2D eigenvalue weighted by Gasteiger charge is 2.15. The van der Waals surface area contributed by atoms with Gasteiger partial charge in [-0.25, -0.2) is 14.2 Å². The van der Waals surface area contributed by atoms with Crippen LogP contribution in [0.15, 0.2) is 28.4 Å². The van der Waals surface area contributed by atoms with Crippen LogP contribution in [0.2, 0.25) is 0 Å². The van der Waals surface area contributed by atoms with E-state index in [0.29, 0.717) is 0 Å². The molecule has 1 N–H and O–H groups in total. The van der Waals surface area contributed by atoms with Crippen LogP contribution in [0, 0.1) is 12.7 Å². The molecule has 0 atom stereocenters. The monoisotopic (exact) mass is 267 g/mol. The first-order valence-electron chi connectivity index (χ1n) is 5.04. The lowest BCUT2D eigenvalue weighted by atomic mass is 10.3. The summed E-state index contributed by atoms with van der Waals surface area (Å²) in [5.74, 6) is -1.87. The zero-order valence-electron chi connectivity index (χ0n) is 9.72. The number of aryl methyl sites for hydroxylation is 2. The van der Waals surface area contributed by atoms with Gasteiger partial charge in [-0.15, -0.1) is 0 Å². The summed E-state index contributed by atoms with van der Waals surface area (Å²) in [6.45, 7) is 1.83. The second kappa shape index (κ2) is 4.77. The van der Waals surface area contributed by atoms with E-state index in [1.807, 2.05) is 6.92 Å². The Bertz CT molecular complexity index is 612. The van der Waals surface area contributed by atoms with Crippen molar-refractivity contribution in [2.45, 2.75) is 17.0 Å². The number of carboxylic acid groups (broad SMARTS) is 1. The van der Waals surface area contributed by atoms with Crippen molar-refractivity contribution in [2.75, 3.05) is 0 Å². The first-order chi connectivity index (χ1) is 8.47. The normalized spacial score (nSPS) is 10.6. The largest absolute Gasteiger partial charge is 0.478 e. The standard InChI is InChI=1S/C11H10FN3O2S/c1-6-3-9(15(2)14-6)18-10-8(11(16)17)4-7(12)5-13-10/h3-5H,1-2H3,(H,16,17). The molecule has 0 aliphatic heterocycles. The van der Waals surface area contributed by atoms with Crippen molar-refractivity contribution in [2.24, 2.45) is 7.05 Å². The minimum Gasteiger partial charge on any atom is -0.478 e. The molecule has 94 valence electrons. The molecule has 5 nitrogen and oxygen atoms in total. The molecule has 0 aliphatic rings. The van der Waals surface area contributed by atoms with E-state index >= 15 is 0 Å². The maximum atomic E-state index is 13.0. The molecule has 0 saturated heterocycles. The first-order valence-corrected chi connectivity index (χ1v) is 5.86. The van der Waals surface area contributed by atoms with Gasteiger partial charge in [0.2, 0.25) is 0 Å². The minimum absolute atomic E-state index is 0.154. The van der Waals surface area contributed by atoms with Crippen molar-refractivity contribution in [3.63, 3.8) is 0 Å². The first kappa shape index (κ1) is 12.6. The Morgan fingerprint density at radius 1 is 1.50 bits per heavy atom. The summed E-state index contributed by atoms with van der Waals surface area (Å²) in [5.41, 5.74) is 0.665. The van der Waals surface area contributed by atoms with E-state index in [-0.39, 0.29) is 10.6 Å². The molecule has 0 fully saturated rings. The molecule has 0 saturated carbocycles. The van der Waals surface area contributed by atoms with Gasteiger partial charge in [0.25, 0.3) is 0 Å². The summed E-state index contributed by atoms with van der Waals surface area (Å²) in [4.78, 5) is 14.8. The van der Waals surface area contributed by atoms with E-state index in [9.17, 15) is 9.18 Å². The van der Waals surface area contributed by atoms with Crippen LogP contribution in [-0.2, 0) is 7.05 Å². The molecule has 0 aliphatic carbocycles. The van der Waals surface area contributed by atoms with Gasteiger partial charge < -0.3 is 5.11 Å². The number of hydrogen-bond acceptors (Lipinski definition) is 4. The maximum absolute atomic E-state index is 13.0. The van der Waals surface area contributed by atoms with E-state index in [0.717, 1.165) is 34.7 Å². The van der Waals surface area contributed by atoms with Gasteiger partial charge in [0.15, 0.2) is 0 Å². The number of pyridine rings is 1. The molecule has 18 heavy (non-hydrogen) atoms. The lowest BCUT2D eigenvalue weighted by molar-refractivity contribution is 0.0691. The van der Waals surface area contributed by atoms with Gasteiger partial charge >= 0.3 is 5.97 Å². The van der Waals surface area contributed by atoms with Gasteiger partial charge in [0.05, 0.1) is 17.5 Å². The molecule has 0 aromatic carbocycles. The Kier molecular flexibility index (Phi) is 3.33. The fourth-order valence-corrected chi connectivity index (χ4v) is 2.40. The third-order valence-corrected chi connectivity index (χ3v) is 3.32. The molecule has 2 aromatic rings. The van der Waals surface area contributed by atoms with E-state index in [1.54, 1.807) is 17.8 Å². The number of hydrogen-bond donors (Lipinski definition) is 1. The van der Waals surface area contributed by atoms with Crippen molar-refractivity contribution in [3.05, 3.63) is 35.4 Å². The summed E-state index contributed by atoms with van der Waals surface area (Å²) in [6.07, 6.45) is 0.998. The smallest absolute Gasteiger partial charge is 0.338 e. The number of aromatic carboxylic acids is 1. The summed E-state index contributed by atoms with van der Waals surface area (Å²) in [5, 5.41) is 14.1. The molecule has 2 heterocycles. The third kappa shape index (κ3) is 2.51. The van der Waals surface area contributed by atoms with Gasteiger partial charge in [-0.2, -0.15) is 5.10 Å². The van der Waals surface area contributed by atoms with Crippen LogP contribution in [-0.4, -0.2) is 25.8 Å². The quantitative estimate of drug-likeness (QED) is 0.922. The van der Waals surface area contributed by atoms with Crippen LogP contribution in [0.1, 0.15) is 16.1 Å². The predicted octanol–water partition coefficient (Wildman–Crippen LogP) is 2.11. The molecule has 0 unspecified atom stereocenters. The topological polar surface area (TPSA) is 68.0 Å². The lowest BCUT2D eigenvalue weighted by Gasteiger charge is -2.04. The van der Waals surface area contributed by atoms with Crippen LogP contribution < -0.4 is 0 Å². The number of nitrogens with zero attached hydrogens (tertiary/aromatic N) is 3. The predicted molar refractivity (Wildman–Crippen MR) is 63.2 cm³/mol. The molecule has 0 spiro atoms. The average molecular weight is 267 g/mol. The Balaban J connectivity index is 2.40. The van der Waals surface area contributed by atoms with E-state index in [1.165, 1.54) is 0 Å². The average Bonchev–Trinajstić information content (AvgIpc) is 2.60. The van der Waals surface area contributed by atoms with E-state index in [4.69, 9.17) is 5.11 Å². The van der Waals surface area contributed by atoms with Crippen molar-refractivity contribution in [1.29, 1.82) is 0 Å². The summed E-state index contributed by atoms with van der Waals surface area (Å²) in [6, 6.07) is 2.77. The zero-order chi connectivity index (χ0) is 13.3. The molecule has 0 radical (unpaired) electrons. The van der Waals surface area contributed by atoms with E-state index < -0.39 is 11.8 Å². The summed E-state index contributed by atoms with van der Waals surface area (Å²) < 4.78 is 14.6. The van der Waals surface area contributed by atoms with Gasteiger partial charge in [0.1, 0.15) is 15.9 Å². The van der Waals surface area contributed by atoms with Crippen LogP contribution in [0.4, 0.5) is 4.39 Å². The Hall–Kier alpha value is -1.89. The van der Waals surface area contributed by atoms with Crippen LogP contribution >= 0.6 is 11.8 Å². The van der Waals surface area contributed by atoms with Crippen molar-refractivity contribution in [3.8, 4) is 0 Å². The zero-order valence-corrected chi connectivity index (χ0v) is 10.5.